The van der Waals surface area contributed by atoms with E-state index in [4.69, 9.17) is 9.47 Å². The van der Waals surface area contributed by atoms with Gasteiger partial charge in [-0.3, -0.25) is 4.79 Å². The van der Waals surface area contributed by atoms with Crippen molar-refractivity contribution in [2.45, 2.75) is 40.1 Å². The fourth-order valence-corrected chi connectivity index (χ4v) is 2.64. The quantitative estimate of drug-likeness (QED) is 0.675. The van der Waals surface area contributed by atoms with Gasteiger partial charge in [0.2, 0.25) is 0 Å². The second-order valence-electron chi connectivity index (χ2n) is 6.62. The molecular formula is C21H22N2O4. The smallest absolute Gasteiger partial charge is 0.338 e. The molecule has 0 unspecified atom stereocenters. The Labute approximate surface area is 157 Å². The van der Waals surface area contributed by atoms with Crippen molar-refractivity contribution < 1.29 is 14.3 Å². The Morgan fingerprint density at radius 1 is 1.11 bits per heavy atom. The number of aromatic nitrogens is 2. The summed E-state index contributed by atoms with van der Waals surface area (Å²) in [5.74, 6) is -0.157. The van der Waals surface area contributed by atoms with Crippen LogP contribution in [0.25, 0.3) is 10.9 Å². The first-order valence-corrected chi connectivity index (χ1v) is 8.80. The minimum absolute atomic E-state index is 0.101. The highest BCUT2D eigenvalue weighted by Crippen LogP contribution is 2.13. The Bertz CT molecular complexity index is 1010. The Morgan fingerprint density at radius 2 is 1.85 bits per heavy atom. The second kappa shape index (κ2) is 8.14. The minimum Gasteiger partial charge on any atom is -0.454 e. The van der Waals surface area contributed by atoms with Crippen molar-refractivity contribution in [3.8, 4) is 0 Å². The van der Waals surface area contributed by atoms with Crippen molar-refractivity contribution in [3.05, 3.63) is 75.3 Å². The van der Waals surface area contributed by atoms with Gasteiger partial charge in [0.15, 0.2) is 0 Å². The molecule has 1 heterocycles. The lowest BCUT2D eigenvalue weighted by Crippen LogP contribution is -2.15. The summed E-state index contributed by atoms with van der Waals surface area (Å²) in [7, 11) is 0. The van der Waals surface area contributed by atoms with Crippen LogP contribution in [0.2, 0.25) is 0 Å². The van der Waals surface area contributed by atoms with Crippen LogP contribution < -0.4 is 5.56 Å². The number of rotatable bonds is 6. The summed E-state index contributed by atoms with van der Waals surface area (Å²) in [5.41, 5.74) is 2.68. The SMILES string of the molecule is Cc1cccc2c(=O)[nH]c(COC(=O)c3ccc(COC(C)C)cc3)nc12. The predicted molar refractivity (Wildman–Crippen MR) is 103 cm³/mol. The summed E-state index contributed by atoms with van der Waals surface area (Å²) >= 11 is 0. The van der Waals surface area contributed by atoms with Gasteiger partial charge in [-0.2, -0.15) is 0 Å². The van der Waals surface area contributed by atoms with Gasteiger partial charge in [-0.25, -0.2) is 9.78 Å². The van der Waals surface area contributed by atoms with E-state index in [1.807, 2.05) is 45.0 Å². The Morgan fingerprint density at radius 3 is 2.56 bits per heavy atom. The molecule has 1 N–H and O–H groups in total. The van der Waals surface area contributed by atoms with Crippen molar-refractivity contribution in [3.63, 3.8) is 0 Å². The van der Waals surface area contributed by atoms with E-state index in [9.17, 15) is 9.59 Å². The summed E-state index contributed by atoms with van der Waals surface area (Å²) < 4.78 is 10.8. The Kier molecular flexibility index (Phi) is 5.66. The number of nitrogens with one attached hydrogen (secondary N) is 1. The molecule has 3 rings (SSSR count). The number of benzene rings is 2. The van der Waals surface area contributed by atoms with Gasteiger partial charge in [0, 0.05) is 0 Å². The normalized spacial score (nSPS) is 11.1. The van der Waals surface area contributed by atoms with E-state index >= 15 is 0 Å². The fourth-order valence-electron chi connectivity index (χ4n) is 2.64. The minimum atomic E-state index is -0.473. The zero-order chi connectivity index (χ0) is 19.4. The molecular weight excluding hydrogens is 344 g/mol. The first kappa shape index (κ1) is 18.8. The van der Waals surface area contributed by atoms with Gasteiger partial charge in [-0.15, -0.1) is 0 Å². The molecule has 0 atom stereocenters. The molecule has 0 spiro atoms. The summed E-state index contributed by atoms with van der Waals surface area (Å²) in [6.07, 6.45) is 0.148. The number of esters is 1. The van der Waals surface area contributed by atoms with Crippen LogP contribution in [0.1, 0.15) is 41.2 Å². The van der Waals surface area contributed by atoms with Crippen LogP contribution in [0.4, 0.5) is 0 Å². The van der Waals surface area contributed by atoms with Crippen molar-refractivity contribution in [2.75, 3.05) is 0 Å². The third-order valence-electron chi connectivity index (χ3n) is 4.10. The topological polar surface area (TPSA) is 81.3 Å². The third-order valence-corrected chi connectivity index (χ3v) is 4.10. The van der Waals surface area contributed by atoms with Crippen LogP contribution >= 0.6 is 0 Å². The van der Waals surface area contributed by atoms with Gasteiger partial charge in [0.05, 0.1) is 29.2 Å². The monoisotopic (exact) mass is 366 g/mol. The molecule has 0 saturated heterocycles. The number of carbonyl (C=O) groups is 1. The molecule has 140 valence electrons. The number of aryl methyl sites for hydroxylation is 1. The van der Waals surface area contributed by atoms with E-state index in [1.165, 1.54) is 0 Å². The molecule has 0 aliphatic rings. The zero-order valence-electron chi connectivity index (χ0n) is 15.6. The van der Waals surface area contributed by atoms with Crippen molar-refractivity contribution in [1.82, 2.24) is 9.97 Å². The summed E-state index contributed by atoms with van der Waals surface area (Å²) in [6, 6.07) is 12.5. The number of fused-ring (bicyclic) bond motifs is 1. The number of nitrogens with zero attached hydrogens (tertiary/aromatic N) is 1. The van der Waals surface area contributed by atoms with E-state index < -0.39 is 5.97 Å². The first-order valence-electron chi connectivity index (χ1n) is 8.80. The largest absolute Gasteiger partial charge is 0.454 e. The number of carbonyl (C=O) groups excluding carboxylic acids is 1. The lowest BCUT2D eigenvalue weighted by atomic mass is 10.1. The number of hydrogen-bond acceptors (Lipinski definition) is 5. The average Bonchev–Trinajstić information content (AvgIpc) is 2.66. The first-order chi connectivity index (χ1) is 12.9. The third kappa shape index (κ3) is 4.60. The van der Waals surface area contributed by atoms with Gasteiger partial charge in [0.1, 0.15) is 12.4 Å². The summed E-state index contributed by atoms with van der Waals surface area (Å²) in [6.45, 7) is 6.22. The molecule has 6 nitrogen and oxygen atoms in total. The van der Waals surface area contributed by atoms with Gasteiger partial charge in [0.25, 0.3) is 5.56 Å². The molecule has 0 fully saturated rings. The van der Waals surface area contributed by atoms with Gasteiger partial charge in [-0.05, 0) is 50.1 Å². The highest BCUT2D eigenvalue weighted by atomic mass is 16.5. The maximum atomic E-state index is 12.2. The number of aromatic amines is 1. The Balaban J connectivity index is 1.68. The second-order valence-corrected chi connectivity index (χ2v) is 6.62. The molecule has 0 amide bonds. The van der Waals surface area contributed by atoms with E-state index in [-0.39, 0.29) is 18.3 Å². The standard InChI is InChI=1S/C21H22N2O4/c1-13(2)26-11-15-7-9-16(10-8-15)21(25)27-12-18-22-19-14(3)5-4-6-17(19)20(24)23-18/h4-10,13H,11-12H2,1-3H3,(H,22,23,24). The van der Waals surface area contributed by atoms with E-state index in [1.54, 1.807) is 18.2 Å². The van der Waals surface area contributed by atoms with Crippen LogP contribution in [0.5, 0.6) is 0 Å². The maximum Gasteiger partial charge on any atom is 0.338 e. The van der Waals surface area contributed by atoms with E-state index in [0.717, 1.165) is 11.1 Å². The maximum absolute atomic E-state index is 12.2. The number of para-hydroxylation sites is 1. The van der Waals surface area contributed by atoms with Crippen molar-refractivity contribution in [1.29, 1.82) is 0 Å². The molecule has 1 aromatic heterocycles. The average molecular weight is 366 g/mol. The molecule has 6 heteroatoms. The lowest BCUT2D eigenvalue weighted by molar-refractivity contribution is 0.0461. The van der Waals surface area contributed by atoms with Crippen LogP contribution in [0, 0.1) is 6.92 Å². The highest BCUT2D eigenvalue weighted by molar-refractivity contribution is 5.89. The Hall–Kier alpha value is -2.99. The predicted octanol–water partition coefficient (Wildman–Crippen LogP) is 3.51. The lowest BCUT2D eigenvalue weighted by Gasteiger charge is -2.09. The molecule has 0 aliphatic heterocycles. The summed E-state index contributed by atoms with van der Waals surface area (Å²) in [4.78, 5) is 31.5. The van der Waals surface area contributed by atoms with Crippen LogP contribution in [-0.2, 0) is 22.7 Å². The van der Waals surface area contributed by atoms with Crippen LogP contribution in [0.3, 0.4) is 0 Å². The fraction of sp³-hybridized carbons (Fsp3) is 0.286. The molecule has 3 aromatic rings. The molecule has 0 bridgehead atoms. The number of H-pyrrole nitrogens is 1. The van der Waals surface area contributed by atoms with Gasteiger partial charge in [-0.1, -0.05) is 24.3 Å². The molecule has 2 aromatic carbocycles. The van der Waals surface area contributed by atoms with E-state index in [2.05, 4.69) is 9.97 Å². The molecule has 27 heavy (non-hydrogen) atoms. The summed E-state index contributed by atoms with van der Waals surface area (Å²) in [5, 5.41) is 0.518. The van der Waals surface area contributed by atoms with Crippen molar-refractivity contribution in [2.24, 2.45) is 0 Å². The molecule has 0 aliphatic carbocycles. The van der Waals surface area contributed by atoms with Gasteiger partial charge < -0.3 is 14.5 Å². The van der Waals surface area contributed by atoms with Gasteiger partial charge >= 0.3 is 5.97 Å². The number of hydrogen-bond donors (Lipinski definition) is 1. The zero-order valence-corrected chi connectivity index (χ0v) is 15.6. The van der Waals surface area contributed by atoms with Crippen LogP contribution in [0.15, 0.2) is 47.3 Å². The molecule has 0 saturated carbocycles. The van der Waals surface area contributed by atoms with E-state index in [0.29, 0.717) is 28.9 Å². The number of ether oxygens (including phenoxy) is 2. The molecule has 0 radical (unpaired) electrons. The highest BCUT2D eigenvalue weighted by Gasteiger charge is 2.11. The van der Waals surface area contributed by atoms with Crippen molar-refractivity contribution >= 4 is 16.9 Å². The van der Waals surface area contributed by atoms with Crippen LogP contribution in [-0.4, -0.2) is 22.0 Å².